The van der Waals surface area contributed by atoms with Crippen LogP contribution in [0, 0.1) is 0 Å². The van der Waals surface area contributed by atoms with Crippen LogP contribution in [0.15, 0.2) is 73.1 Å². The van der Waals surface area contributed by atoms with Gasteiger partial charge in [0.1, 0.15) is 0 Å². The van der Waals surface area contributed by atoms with E-state index in [1.807, 2.05) is 48.5 Å². The average molecular weight is 276 g/mol. The van der Waals surface area contributed by atoms with E-state index in [9.17, 15) is 0 Å². The second-order valence-corrected chi connectivity index (χ2v) is 4.18. The van der Waals surface area contributed by atoms with E-state index in [-0.39, 0.29) is 0 Å². The number of hydrogen-bond donors (Lipinski definition) is 1. The predicted octanol–water partition coefficient (Wildman–Crippen LogP) is 3.31. The molecule has 1 aromatic heterocycles. The third kappa shape index (κ3) is 5.24. The largest absolute Gasteiger partial charge is 0.398 e. The lowest BCUT2D eigenvalue weighted by atomic mass is 10.1. The number of nitrogens with zero attached hydrogens (tertiary/aromatic N) is 3. The minimum absolute atomic E-state index is 0.810. The minimum Gasteiger partial charge on any atom is -0.398 e. The van der Waals surface area contributed by atoms with Gasteiger partial charge in [0.05, 0.1) is 12.4 Å². The van der Waals surface area contributed by atoms with E-state index in [1.165, 1.54) is 5.56 Å². The number of anilines is 1. The summed E-state index contributed by atoms with van der Waals surface area (Å²) in [4.78, 5) is 0. The molecular formula is C17H16N4. The van der Waals surface area contributed by atoms with Crippen LogP contribution in [0.25, 0.3) is 12.2 Å². The fourth-order valence-electron chi connectivity index (χ4n) is 1.62. The molecule has 0 aliphatic rings. The molecule has 0 saturated carbocycles. The lowest BCUT2D eigenvalue weighted by molar-refractivity contribution is 0.865. The maximum absolute atomic E-state index is 5.83. The molecule has 0 atom stereocenters. The number of benzene rings is 2. The smallest absolute Gasteiger partial charge is 0.0529 e. The van der Waals surface area contributed by atoms with Gasteiger partial charge in [-0.2, -0.15) is 0 Å². The third-order valence-electron chi connectivity index (χ3n) is 2.66. The number of aromatic nitrogens is 3. The summed E-state index contributed by atoms with van der Waals surface area (Å²) in [5.74, 6) is 0. The highest BCUT2D eigenvalue weighted by molar-refractivity contribution is 5.75. The van der Waals surface area contributed by atoms with Gasteiger partial charge >= 0.3 is 0 Å². The molecule has 3 aromatic rings. The molecule has 0 bridgehead atoms. The normalized spacial score (nSPS) is 9.90. The first-order valence-corrected chi connectivity index (χ1v) is 6.52. The molecule has 4 nitrogen and oxygen atoms in total. The minimum atomic E-state index is 0.810. The number of rotatable bonds is 2. The van der Waals surface area contributed by atoms with Crippen LogP contribution in [0.4, 0.5) is 5.69 Å². The molecule has 2 aromatic carbocycles. The van der Waals surface area contributed by atoms with Crippen molar-refractivity contribution >= 4 is 17.8 Å². The summed E-state index contributed by atoms with van der Waals surface area (Å²) in [6.07, 6.45) is 7.25. The van der Waals surface area contributed by atoms with Gasteiger partial charge < -0.3 is 5.73 Å². The highest BCUT2D eigenvalue weighted by atomic mass is 15.3. The predicted molar refractivity (Wildman–Crippen MR) is 86.1 cm³/mol. The summed E-state index contributed by atoms with van der Waals surface area (Å²) in [6, 6.07) is 19.7. The van der Waals surface area contributed by atoms with Crippen LogP contribution >= 0.6 is 0 Å². The molecule has 104 valence electrons. The summed E-state index contributed by atoms with van der Waals surface area (Å²) < 4.78 is 0. The molecule has 21 heavy (non-hydrogen) atoms. The van der Waals surface area contributed by atoms with E-state index in [1.54, 1.807) is 18.5 Å². The summed E-state index contributed by atoms with van der Waals surface area (Å²) in [7, 11) is 0. The van der Waals surface area contributed by atoms with Crippen LogP contribution in [0.1, 0.15) is 11.1 Å². The Morgan fingerprint density at radius 2 is 1.38 bits per heavy atom. The van der Waals surface area contributed by atoms with E-state index in [4.69, 9.17) is 5.73 Å². The monoisotopic (exact) mass is 276 g/mol. The highest BCUT2D eigenvalue weighted by Gasteiger charge is 1.91. The maximum Gasteiger partial charge on any atom is 0.0529 e. The molecule has 0 aliphatic carbocycles. The zero-order chi connectivity index (χ0) is 14.8. The number of para-hydroxylation sites is 1. The van der Waals surface area contributed by atoms with Crippen LogP contribution in [0.5, 0.6) is 0 Å². The molecule has 0 saturated heterocycles. The van der Waals surface area contributed by atoms with Crippen molar-refractivity contribution in [3.63, 3.8) is 0 Å². The maximum atomic E-state index is 5.83. The highest BCUT2D eigenvalue weighted by Crippen LogP contribution is 2.14. The zero-order valence-electron chi connectivity index (χ0n) is 11.5. The van der Waals surface area contributed by atoms with Gasteiger partial charge in [0.2, 0.25) is 0 Å². The molecule has 0 unspecified atom stereocenters. The number of nitrogen functional groups attached to an aromatic ring is 1. The average Bonchev–Trinajstić information content (AvgIpc) is 2.57. The van der Waals surface area contributed by atoms with Crippen molar-refractivity contribution in [3.05, 3.63) is 84.2 Å². The Morgan fingerprint density at radius 3 is 1.95 bits per heavy atom. The zero-order valence-corrected chi connectivity index (χ0v) is 11.5. The van der Waals surface area contributed by atoms with Gasteiger partial charge in [-0.3, -0.25) is 0 Å². The van der Waals surface area contributed by atoms with Gasteiger partial charge in [0.15, 0.2) is 0 Å². The Labute approximate surface area is 124 Å². The number of hydrogen-bond acceptors (Lipinski definition) is 4. The Morgan fingerprint density at radius 1 is 0.714 bits per heavy atom. The Bertz CT molecular complexity index is 640. The van der Waals surface area contributed by atoms with Crippen LogP contribution in [-0.2, 0) is 0 Å². The van der Waals surface area contributed by atoms with Crippen molar-refractivity contribution in [2.45, 2.75) is 0 Å². The fraction of sp³-hybridized carbons (Fsp3) is 0. The molecule has 0 spiro atoms. The molecular weight excluding hydrogens is 260 g/mol. The quantitative estimate of drug-likeness (QED) is 0.576. The first-order valence-electron chi connectivity index (χ1n) is 6.52. The van der Waals surface area contributed by atoms with Crippen LogP contribution in [-0.4, -0.2) is 15.4 Å². The first-order chi connectivity index (χ1) is 10.4. The van der Waals surface area contributed by atoms with E-state index < -0.39 is 0 Å². The van der Waals surface area contributed by atoms with Gasteiger partial charge in [-0.15, -0.1) is 10.2 Å². The number of nitrogens with two attached hydrogens (primary N) is 1. The second kappa shape index (κ2) is 8.22. The van der Waals surface area contributed by atoms with E-state index >= 15 is 0 Å². The van der Waals surface area contributed by atoms with Crippen molar-refractivity contribution in [2.75, 3.05) is 5.73 Å². The lowest BCUT2D eigenvalue weighted by Gasteiger charge is -1.98. The van der Waals surface area contributed by atoms with E-state index in [0.29, 0.717) is 0 Å². The van der Waals surface area contributed by atoms with Crippen LogP contribution < -0.4 is 5.73 Å². The summed E-state index contributed by atoms with van der Waals surface area (Å²) in [5.41, 5.74) is 8.88. The van der Waals surface area contributed by atoms with Crippen molar-refractivity contribution in [1.29, 1.82) is 0 Å². The van der Waals surface area contributed by atoms with Crippen LogP contribution in [0.3, 0.4) is 0 Å². The first kappa shape index (κ1) is 14.4. The molecule has 0 radical (unpaired) electrons. The van der Waals surface area contributed by atoms with E-state index in [2.05, 4.69) is 33.6 Å². The van der Waals surface area contributed by atoms with Crippen molar-refractivity contribution < 1.29 is 0 Å². The molecule has 2 N–H and O–H groups in total. The van der Waals surface area contributed by atoms with E-state index in [0.717, 1.165) is 11.3 Å². The van der Waals surface area contributed by atoms with Crippen LogP contribution in [0.2, 0.25) is 0 Å². The van der Waals surface area contributed by atoms with Crippen molar-refractivity contribution in [1.82, 2.24) is 15.4 Å². The van der Waals surface area contributed by atoms with Crippen molar-refractivity contribution in [2.24, 2.45) is 0 Å². The summed E-state index contributed by atoms with van der Waals surface area (Å²) in [6.45, 7) is 0. The fourth-order valence-corrected chi connectivity index (χ4v) is 1.62. The van der Waals surface area contributed by atoms with Gasteiger partial charge in [0.25, 0.3) is 0 Å². The Kier molecular flexibility index (Phi) is 5.64. The molecule has 0 amide bonds. The van der Waals surface area contributed by atoms with Gasteiger partial charge in [-0.25, -0.2) is 0 Å². The van der Waals surface area contributed by atoms with Crippen molar-refractivity contribution in [3.8, 4) is 0 Å². The molecule has 0 aliphatic heterocycles. The molecule has 4 heteroatoms. The summed E-state index contributed by atoms with van der Waals surface area (Å²) in [5, 5.41) is 10.1. The standard InChI is InChI=1S/C14H13N.C3H3N3/c15-14-9-5-4-8-13(14)11-10-12-6-2-1-3-7-12;1-2-4-6-5-3-1/h1-11H,15H2;1-3H. The van der Waals surface area contributed by atoms with Gasteiger partial charge in [-0.1, -0.05) is 60.7 Å². The molecule has 0 fully saturated rings. The topological polar surface area (TPSA) is 64.7 Å². The Hall–Kier alpha value is -3.01. The van der Waals surface area contributed by atoms with Gasteiger partial charge in [0, 0.05) is 5.69 Å². The van der Waals surface area contributed by atoms with Gasteiger partial charge in [-0.05, 0) is 28.5 Å². The third-order valence-corrected chi connectivity index (χ3v) is 2.66. The molecule has 1 heterocycles. The lowest BCUT2D eigenvalue weighted by Crippen LogP contribution is -1.87. The second-order valence-electron chi connectivity index (χ2n) is 4.18. The SMILES string of the molecule is Nc1ccccc1C=Cc1ccccc1.c1cnnnc1. The summed E-state index contributed by atoms with van der Waals surface area (Å²) >= 11 is 0. The Balaban J connectivity index is 0.000000225. The molecule has 3 rings (SSSR count).